The molecule has 2 rings (SSSR count). The third kappa shape index (κ3) is 2.67. The standard InChI is InChI=1S/C15H17NO3/c1-10(17)12-7-5-6-11-8-9-16(13(11)12)14(18)19-15(2,3)4/h5-9H,1-4H3. The minimum absolute atomic E-state index is 0.0749. The second kappa shape index (κ2) is 4.53. The van der Waals surface area contributed by atoms with Crippen LogP contribution in [0.1, 0.15) is 38.1 Å². The van der Waals surface area contributed by atoms with Crippen molar-refractivity contribution in [1.82, 2.24) is 4.57 Å². The molecule has 0 saturated heterocycles. The van der Waals surface area contributed by atoms with Crippen LogP contribution in [0, 0.1) is 0 Å². The van der Waals surface area contributed by atoms with Gasteiger partial charge >= 0.3 is 6.09 Å². The van der Waals surface area contributed by atoms with Gasteiger partial charge in [-0.1, -0.05) is 12.1 Å². The summed E-state index contributed by atoms with van der Waals surface area (Å²) in [5.74, 6) is -0.0749. The largest absolute Gasteiger partial charge is 0.443 e. The summed E-state index contributed by atoms with van der Waals surface area (Å²) in [5, 5.41) is 0.846. The summed E-state index contributed by atoms with van der Waals surface area (Å²) in [6, 6.07) is 7.18. The van der Waals surface area contributed by atoms with Crippen molar-refractivity contribution in [2.24, 2.45) is 0 Å². The average molecular weight is 259 g/mol. The zero-order valence-electron chi connectivity index (χ0n) is 11.6. The number of ether oxygens (including phenoxy) is 1. The lowest BCUT2D eigenvalue weighted by atomic mass is 10.1. The fourth-order valence-electron chi connectivity index (χ4n) is 1.94. The molecule has 0 fully saturated rings. The van der Waals surface area contributed by atoms with E-state index in [-0.39, 0.29) is 5.78 Å². The van der Waals surface area contributed by atoms with E-state index in [1.54, 1.807) is 24.4 Å². The van der Waals surface area contributed by atoms with Gasteiger partial charge in [0.25, 0.3) is 0 Å². The molecule has 1 aromatic carbocycles. The maximum atomic E-state index is 12.1. The van der Waals surface area contributed by atoms with Crippen LogP contribution in [0.5, 0.6) is 0 Å². The second-order valence-corrected chi connectivity index (χ2v) is 5.47. The zero-order chi connectivity index (χ0) is 14.2. The smallest absolute Gasteiger partial charge is 0.419 e. The number of nitrogens with zero attached hydrogens (tertiary/aromatic N) is 1. The Hall–Kier alpha value is -2.10. The first-order valence-corrected chi connectivity index (χ1v) is 6.14. The number of carbonyl (C=O) groups excluding carboxylic acids is 2. The first-order valence-electron chi connectivity index (χ1n) is 6.14. The highest BCUT2D eigenvalue weighted by molar-refractivity contribution is 6.08. The van der Waals surface area contributed by atoms with Gasteiger partial charge in [-0.15, -0.1) is 0 Å². The van der Waals surface area contributed by atoms with E-state index in [9.17, 15) is 9.59 Å². The van der Waals surface area contributed by atoms with Crippen LogP contribution >= 0.6 is 0 Å². The number of hydrogen-bond donors (Lipinski definition) is 0. The van der Waals surface area contributed by atoms with Crippen LogP contribution in [-0.4, -0.2) is 22.0 Å². The molecule has 0 amide bonds. The number of Topliss-reactive ketones (excluding diaryl/α,β-unsaturated/α-hetero) is 1. The lowest BCUT2D eigenvalue weighted by molar-refractivity contribution is 0.0544. The summed E-state index contributed by atoms with van der Waals surface area (Å²) in [6.45, 7) is 6.91. The molecule has 0 aliphatic carbocycles. The van der Waals surface area contributed by atoms with Gasteiger partial charge in [0.05, 0.1) is 5.52 Å². The molecule has 2 aromatic rings. The van der Waals surface area contributed by atoms with Crippen molar-refractivity contribution in [3.63, 3.8) is 0 Å². The first-order chi connectivity index (χ1) is 8.79. The number of para-hydroxylation sites is 1. The van der Waals surface area contributed by atoms with Crippen LogP contribution < -0.4 is 0 Å². The van der Waals surface area contributed by atoms with E-state index in [0.717, 1.165) is 5.39 Å². The van der Waals surface area contributed by atoms with Crippen molar-refractivity contribution in [3.05, 3.63) is 36.0 Å². The summed E-state index contributed by atoms with van der Waals surface area (Å²) >= 11 is 0. The molecule has 0 atom stereocenters. The molecular weight excluding hydrogens is 242 g/mol. The molecule has 100 valence electrons. The Kier molecular flexibility index (Phi) is 3.18. The number of fused-ring (bicyclic) bond motifs is 1. The van der Waals surface area contributed by atoms with Crippen molar-refractivity contribution in [2.45, 2.75) is 33.3 Å². The van der Waals surface area contributed by atoms with Crippen LogP contribution in [0.2, 0.25) is 0 Å². The van der Waals surface area contributed by atoms with E-state index in [1.807, 2.05) is 26.8 Å². The Balaban J connectivity index is 2.56. The topological polar surface area (TPSA) is 48.3 Å². The molecule has 0 saturated carbocycles. The summed E-state index contributed by atoms with van der Waals surface area (Å²) in [6.07, 6.45) is 1.15. The SMILES string of the molecule is CC(=O)c1cccc2ccn(C(=O)OC(C)(C)C)c12. The van der Waals surface area contributed by atoms with Gasteiger partial charge in [0.15, 0.2) is 5.78 Å². The van der Waals surface area contributed by atoms with Gasteiger partial charge in [0, 0.05) is 17.1 Å². The number of rotatable bonds is 1. The normalized spacial score (nSPS) is 11.6. The van der Waals surface area contributed by atoms with Crippen molar-refractivity contribution in [2.75, 3.05) is 0 Å². The van der Waals surface area contributed by atoms with E-state index >= 15 is 0 Å². The molecule has 0 unspecified atom stereocenters. The molecule has 0 N–H and O–H groups in total. The highest BCUT2D eigenvalue weighted by atomic mass is 16.6. The van der Waals surface area contributed by atoms with Gasteiger partial charge in [-0.2, -0.15) is 0 Å². The number of benzene rings is 1. The highest BCUT2D eigenvalue weighted by Gasteiger charge is 2.20. The van der Waals surface area contributed by atoms with Crippen LogP contribution in [0.4, 0.5) is 4.79 Å². The quantitative estimate of drug-likeness (QED) is 0.735. The number of aromatic nitrogens is 1. The average Bonchev–Trinajstić information content (AvgIpc) is 2.69. The molecule has 0 aliphatic heterocycles. The molecule has 0 radical (unpaired) electrons. The molecule has 19 heavy (non-hydrogen) atoms. The van der Waals surface area contributed by atoms with Gasteiger partial charge in [-0.3, -0.25) is 9.36 Å². The predicted molar refractivity (Wildman–Crippen MR) is 73.6 cm³/mol. The molecule has 4 heteroatoms. The summed E-state index contributed by atoms with van der Waals surface area (Å²) < 4.78 is 6.72. The molecule has 0 bridgehead atoms. The molecule has 4 nitrogen and oxygen atoms in total. The van der Waals surface area contributed by atoms with Crippen LogP contribution in [0.25, 0.3) is 10.9 Å². The lowest BCUT2D eigenvalue weighted by Gasteiger charge is -2.20. The predicted octanol–water partition coefficient (Wildman–Crippen LogP) is 3.63. The molecular formula is C15H17NO3. The Morgan fingerprint density at radius 1 is 1.16 bits per heavy atom. The number of hydrogen-bond acceptors (Lipinski definition) is 3. The van der Waals surface area contributed by atoms with Crippen molar-refractivity contribution in [1.29, 1.82) is 0 Å². The first kappa shape index (κ1) is 13.3. The third-order valence-corrected chi connectivity index (χ3v) is 2.68. The van der Waals surface area contributed by atoms with Gasteiger partial charge in [0.1, 0.15) is 5.60 Å². The molecule has 1 aromatic heterocycles. The van der Waals surface area contributed by atoms with Crippen molar-refractivity contribution < 1.29 is 14.3 Å². The van der Waals surface area contributed by atoms with E-state index < -0.39 is 11.7 Å². The Bertz CT molecular complexity index is 647. The van der Waals surface area contributed by atoms with Crippen LogP contribution in [-0.2, 0) is 4.74 Å². The van der Waals surface area contributed by atoms with Gasteiger partial charge in [0.2, 0.25) is 0 Å². The number of carbonyl (C=O) groups is 2. The summed E-state index contributed by atoms with van der Waals surface area (Å²) in [7, 11) is 0. The maximum absolute atomic E-state index is 12.1. The fourth-order valence-corrected chi connectivity index (χ4v) is 1.94. The Morgan fingerprint density at radius 2 is 1.84 bits per heavy atom. The lowest BCUT2D eigenvalue weighted by Crippen LogP contribution is -2.27. The van der Waals surface area contributed by atoms with Crippen molar-refractivity contribution >= 4 is 22.8 Å². The molecule has 1 heterocycles. The minimum atomic E-state index is -0.571. The van der Waals surface area contributed by atoms with E-state index in [0.29, 0.717) is 11.1 Å². The van der Waals surface area contributed by atoms with Crippen molar-refractivity contribution in [3.8, 4) is 0 Å². The molecule has 0 spiro atoms. The van der Waals surface area contributed by atoms with Gasteiger partial charge < -0.3 is 4.74 Å². The van der Waals surface area contributed by atoms with Gasteiger partial charge in [-0.25, -0.2) is 4.79 Å². The number of ketones is 1. The molecule has 0 aliphatic rings. The van der Waals surface area contributed by atoms with Crippen LogP contribution in [0.15, 0.2) is 30.5 Å². The monoisotopic (exact) mass is 259 g/mol. The highest BCUT2D eigenvalue weighted by Crippen LogP contribution is 2.22. The summed E-state index contributed by atoms with van der Waals surface area (Å²) in [4.78, 5) is 23.8. The fraction of sp³-hybridized carbons (Fsp3) is 0.333. The van der Waals surface area contributed by atoms with Gasteiger partial charge in [-0.05, 0) is 39.8 Å². The van der Waals surface area contributed by atoms with Crippen LogP contribution in [0.3, 0.4) is 0 Å². The Labute approximate surface area is 112 Å². The van der Waals surface area contributed by atoms with E-state index in [1.165, 1.54) is 11.5 Å². The maximum Gasteiger partial charge on any atom is 0.419 e. The summed E-state index contributed by atoms with van der Waals surface area (Å²) in [5.41, 5.74) is 0.552. The Morgan fingerprint density at radius 3 is 2.42 bits per heavy atom. The third-order valence-electron chi connectivity index (χ3n) is 2.68. The minimum Gasteiger partial charge on any atom is -0.443 e. The second-order valence-electron chi connectivity index (χ2n) is 5.47. The van der Waals surface area contributed by atoms with E-state index in [4.69, 9.17) is 4.74 Å². The van der Waals surface area contributed by atoms with E-state index in [2.05, 4.69) is 0 Å². The zero-order valence-corrected chi connectivity index (χ0v) is 11.6.